The Morgan fingerprint density at radius 2 is 2.00 bits per heavy atom. The normalized spacial score (nSPS) is 16.6. The van der Waals surface area contributed by atoms with Crippen LogP contribution in [-0.4, -0.2) is 30.1 Å². The minimum Gasteiger partial charge on any atom is -0.376 e. The molecule has 1 N–H and O–H groups in total. The van der Waals surface area contributed by atoms with Gasteiger partial charge in [0.1, 0.15) is 0 Å². The molecule has 4 rings (SSSR count). The second-order valence-corrected chi connectivity index (χ2v) is 6.97. The zero-order chi connectivity index (χ0) is 18.6. The minimum absolute atomic E-state index is 0.0736. The Bertz CT molecular complexity index is 944. The number of carbonyl (C=O) groups is 1. The fourth-order valence-corrected chi connectivity index (χ4v) is 3.53. The quantitative estimate of drug-likeness (QED) is 0.735. The number of nitrogens with one attached hydrogen (secondary N) is 1. The molecular weight excluding hydrogens is 336 g/mol. The highest BCUT2D eigenvalue weighted by Crippen LogP contribution is 2.25. The Hall–Kier alpha value is -2.72. The standard InChI is InChI=1S/C23H24N2O2/c1-2-16-9-11-17(12-10-16)22-14-20(19-7-3-4-8-21(19)25-22)23(26)24-15-18-6-5-13-27-18/h3-4,7-12,14,18H,2,5-6,13,15H2,1H3,(H,24,26)/t18-/m1/s1. The third-order valence-corrected chi connectivity index (χ3v) is 5.13. The van der Waals surface area contributed by atoms with E-state index in [2.05, 4.69) is 36.5 Å². The number of carbonyl (C=O) groups excluding carboxylic acids is 1. The van der Waals surface area contributed by atoms with Crippen molar-refractivity contribution in [1.82, 2.24) is 10.3 Å². The molecule has 3 aromatic rings. The zero-order valence-electron chi connectivity index (χ0n) is 15.6. The highest BCUT2D eigenvalue weighted by molar-refractivity contribution is 6.07. The fourth-order valence-electron chi connectivity index (χ4n) is 3.53. The van der Waals surface area contributed by atoms with E-state index in [4.69, 9.17) is 9.72 Å². The van der Waals surface area contributed by atoms with Gasteiger partial charge in [-0.05, 0) is 37.0 Å². The summed E-state index contributed by atoms with van der Waals surface area (Å²) in [6.45, 7) is 3.48. The molecule has 0 radical (unpaired) electrons. The van der Waals surface area contributed by atoms with E-state index in [9.17, 15) is 4.79 Å². The average Bonchev–Trinajstić information content (AvgIpc) is 3.25. The van der Waals surface area contributed by atoms with Gasteiger partial charge in [-0.1, -0.05) is 49.4 Å². The number of aryl methyl sites for hydroxylation is 1. The molecule has 0 bridgehead atoms. The molecule has 1 atom stereocenters. The first kappa shape index (κ1) is 17.7. The van der Waals surface area contributed by atoms with Gasteiger partial charge in [0.15, 0.2) is 0 Å². The molecule has 1 amide bonds. The van der Waals surface area contributed by atoms with E-state index in [1.165, 1.54) is 5.56 Å². The summed E-state index contributed by atoms with van der Waals surface area (Å²) in [4.78, 5) is 17.7. The fraction of sp³-hybridized carbons (Fsp3) is 0.304. The second-order valence-electron chi connectivity index (χ2n) is 6.97. The van der Waals surface area contributed by atoms with E-state index in [-0.39, 0.29) is 12.0 Å². The maximum absolute atomic E-state index is 12.9. The van der Waals surface area contributed by atoms with E-state index < -0.39 is 0 Å². The van der Waals surface area contributed by atoms with E-state index in [0.29, 0.717) is 12.1 Å². The van der Waals surface area contributed by atoms with Crippen LogP contribution >= 0.6 is 0 Å². The van der Waals surface area contributed by atoms with Gasteiger partial charge < -0.3 is 10.1 Å². The summed E-state index contributed by atoms with van der Waals surface area (Å²) in [5.41, 5.74) is 4.61. The van der Waals surface area contributed by atoms with Crippen LogP contribution in [0.1, 0.15) is 35.7 Å². The molecule has 4 nitrogen and oxygen atoms in total. The predicted molar refractivity (Wildman–Crippen MR) is 108 cm³/mol. The molecular formula is C23H24N2O2. The maximum Gasteiger partial charge on any atom is 0.252 e. The van der Waals surface area contributed by atoms with E-state index in [1.54, 1.807) is 0 Å². The van der Waals surface area contributed by atoms with E-state index in [1.807, 2.05) is 30.3 Å². The summed E-state index contributed by atoms with van der Waals surface area (Å²) in [6.07, 6.45) is 3.20. The monoisotopic (exact) mass is 360 g/mol. The van der Waals surface area contributed by atoms with Gasteiger partial charge in [-0.3, -0.25) is 4.79 Å². The van der Waals surface area contributed by atoms with Crippen molar-refractivity contribution < 1.29 is 9.53 Å². The third kappa shape index (κ3) is 3.86. The second kappa shape index (κ2) is 7.89. The van der Waals surface area contributed by atoms with Crippen LogP contribution < -0.4 is 5.32 Å². The summed E-state index contributed by atoms with van der Waals surface area (Å²) in [6, 6.07) is 18.1. The van der Waals surface area contributed by atoms with Crippen molar-refractivity contribution >= 4 is 16.8 Å². The Balaban J connectivity index is 1.68. The van der Waals surface area contributed by atoms with Gasteiger partial charge in [-0.15, -0.1) is 0 Å². The topological polar surface area (TPSA) is 51.2 Å². The number of amides is 1. The Labute approximate surface area is 159 Å². The number of aromatic nitrogens is 1. The van der Waals surface area contributed by atoms with Crippen molar-refractivity contribution in [2.45, 2.75) is 32.3 Å². The van der Waals surface area contributed by atoms with Crippen LogP contribution in [0.3, 0.4) is 0 Å². The van der Waals surface area contributed by atoms with Crippen molar-refractivity contribution in [2.75, 3.05) is 13.2 Å². The minimum atomic E-state index is -0.0736. The average molecular weight is 360 g/mol. The SMILES string of the molecule is CCc1ccc(-c2cc(C(=O)NC[C@H]3CCCO3)c3ccccc3n2)cc1. The van der Waals surface area contributed by atoms with Crippen molar-refractivity contribution in [1.29, 1.82) is 0 Å². The highest BCUT2D eigenvalue weighted by Gasteiger charge is 2.18. The van der Waals surface area contributed by atoms with Gasteiger partial charge in [0.05, 0.1) is 22.9 Å². The van der Waals surface area contributed by atoms with Gasteiger partial charge in [0.2, 0.25) is 0 Å². The number of fused-ring (bicyclic) bond motifs is 1. The van der Waals surface area contributed by atoms with Crippen LogP contribution in [0.4, 0.5) is 0 Å². The van der Waals surface area contributed by atoms with Crippen molar-refractivity contribution in [3.05, 3.63) is 65.7 Å². The molecule has 1 fully saturated rings. The molecule has 1 aliphatic rings. The van der Waals surface area contributed by atoms with Crippen LogP contribution in [0.25, 0.3) is 22.2 Å². The van der Waals surface area contributed by atoms with Crippen LogP contribution in [0.15, 0.2) is 54.6 Å². The molecule has 0 saturated carbocycles. The summed E-state index contributed by atoms with van der Waals surface area (Å²) in [5.74, 6) is -0.0736. The van der Waals surface area contributed by atoms with E-state index >= 15 is 0 Å². The molecule has 27 heavy (non-hydrogen) atoms. The highest BCUT2D eigenvalue weighted by atomic mass is 16.5. The lowest BCUT2D eigenvalue weighted by molar-refractivity contribution is 0.0859. The zero-order valence-corrected chi connectivity index (χ0v) is 15.6. The first-order valence-corrected chi connectivity index (χ1v) is 9.63. The lowest BCUT2D eigenvalue weighted by Crippen LogP contribution is -2.31. The third-order valence-electron chi connectivity index (χ3n) is 5.13. The van der Waals surface area contributed by atoms with Crippen molar-refractivity contribution in [3.8, 4) is 11.3 Å². The van der Waals surface area contributed by atoms with Crippen LogP contribution in [0.5, 0.6) is 0 Å². The van der Waals surface area contributed by atoms with Gasteiger partial charge in [0, 0.05) is 24.1 Å². The van der Waals surface area contributed by atoms with Gasteiger partial charge >= 0.3 is 0 Å². The molecule has 1 aliphatic heterocycles. The van der Waals surface area contributed by atoms with E-state index in [0.717, 1.165) is 48.0 Å². The first-order valence-electron chi connectivity index (χ1n) is 9.63. The Morgan fingerprint density at radius 3 is 2.74 bits per heavy atom. The molecule has 0 unspecified atom stereocenters. The predicted octanol–water partition coefficient (Wildman–Crippen LogP) is 4.37. The number of para-hydroxylation sites is 1. The van der Waals surface area contributed by atoms with Crippen molar-refractivity contribution in [3.63, 3.8) is 0 Å². The van der Waals surface area contributed by atoms with Crippen LogP contribution in [-0.2, 0) is 11.2 Å². The molecule has 0 spiro atoms. The largest absolute Gasteiger partial charge is 0.376 e. The molecule has 0 aliphatic carbocycles. The Kier molecular flexibility index (Phi) is 5.16. The number of pyridine rings is 1. The summed E-state index contributed by atoms with van der Waals surface area (Å²) < 4.78 is 5.61. The Morgan fingerprint density at radius 1 is 1.19 bits per heavy atom. The number of hydrogen-bond acceptors (Lipinski definition) is 3. The van der Waals surface area contributed by atoms with Gasteiger partial charge in [-0.2, -0.15) is 0 Å². The lowest BCUT2D eigenvalue weighted by Gasteiger charge is -2.13. The van der Waals surface area contributed by atoms with Crippen LogP contribution in [0, 0.1) is 0 Å². The maximum atomic E-state index is 12.9. The molecule has 138 valence electrons. The van der Waals surface area contributed by atoms with Gasteiger partial charge in [-0.25, -0.2) is 4.98 Å². The number of hydrogen-bond donors (Lipinski definition) is 1. The number of rotatable bonds is 5. The summed E-state index contributed by atoms with van der Waals surface area (Å²) >= 11 is 0. The number of benzene rings is 2. The molecule has 1 saturated heterocycles. The molecule has 1 aromatic heterocycles. The molecule has 2 heterocycles. The lowest BCUT2D eigenvalue weighted by atomic mass is 10.0. The number of ether oxygens (including phenoxy) is 1. The first-order chi connectivity index (χ1) is 13.2. The number of nitrogens with zero attached hydrogens (tertiary/aromatic N) is 1. The smallest absolute Gasteiger partial charge is 0.252 e. The molecule has 4 heteroatoms. The molecule has 2 aromatic carbocycles. The van der Waals surface area contributed by atoms with Crippen LogP contribution in [0.2, 0.25) is 0 Å². The summed E-state index contributed by atoms with van der Waals surface area (Å²) in [5, 5.41) is 3.91. The summed E-state index contributed by atoms with van der Waals surface area (Å²) in [7, 11) is 0. The van der Waals surface area contributed by atoms with Crippen molar-refractivity contribution in [2.24, 2.45) is 0 Å². The van der Waals surface area contributed by atoms with Gasteiger partial charge in [0.25, 0.3) is 5.91 Å².